The number of ether oxygens (including phenoxy) is 1. The van der Waals surface area contributed by atoms with Crippen LogP contribution in [0.25, 0.3) is 10.4 Å². The average molecular weight is 405 g/mol. The number of nitrogens with one attached hydrogen (secondary N) is 1. The molecule has 4 rings (SSSR count). The average Bonchev–Trinajstić information content (AvgIpc) is 3.25. The summed E-state index contributed by atoms with van der Waals surface area (Å²) in [6.45, 7) is 0.338. The van der Waals surface area contributed by atoms with Gasteiger partial charge in [-0.2, -0.15) is 0 Å². The molecule has 0 aliphatic rings. The third-order valence-corrected chi connectivity index (χ3v) is 5.24. The van der Waals surface area contributed by atoms with E-state index in [9.17, 15) is 9.18 Å². The van der Waals surface area contributed by atoms with Crippen LogP contribution in [0.5, 0.6) is 5.75 Å². The van der Waals surface area contributed by atoms with Crippen molar-refractivity contribution in [2.24, 2.45) is 0 Å². The summed E-state index contributed by atoms with van der Waals surface area (Å²) in [6, 6.07) is 17.0. The maximum Gasteiger partial charge on any atom is 0.267 e. The number of carbonyl (C=O) groups excluding carboxylic acids is 1. The van der Waals surface area contributed by atoms with Crippen molar-refractivity contribution in [3.63, 3.8) is 0 Å². The molecule has 0 radical (unpaired) electrons. The Kier molecular flexibility index (Phi) is 5.58. The lowest BCUT2D eigenvalue weighted by molar-refractivity contribution is 0.102. The zero-order chi connectivity index (χ0) is 20.1. The van der Waals surface area contributed by atoms with Crippen molar-refractivity contribution in [1.29, 1.82) is 0 Å². The molecule has 1 amide bonds. The van der Waals surface area contributed by atoms with Crippen molar-refractivity contribution in [3.05, 3.63) is 95.5 Å². The molecular formula is C22H16FN3O2S. The van der Waals surface area contributed by atoms with Gasteiger partial charge in [0.05, 0.1) is 4.88 Å². The fraction of sp³-hybridized carbons (Fsp3) is 0.0455. The van der Waals surface area contributed by atoms with E-state index in [-0.39, 0.29) is 11.7 Å². The molecule has 0 bridgehead atoms. The molecule has 0 aliphatic heterocycles. The predicted octanol–water partition coefficient (Wildman–Crippen LogP) is 5.18. The topological polar surface area (TPSA) is 64.1 Å². The van der Waals surface area contributed by atoms with Gasteiger partial charge in [-0.3, -0.25) is 9.78 Å². The minimum Gasteiger partial charge on any atom is -0.485 e. The maximum absolute atomic E-state index is 13.1. The molecule has 29 heavy (non-hydrogen) atoms. The van der Waals surface area contributed by atoms with Crippen LogP contribution in [-0.2, 0) is 6.61 Å². The summed E-state index contributed by atoms with van der Waals surface area (Å²) in [7, 11) is 0. The van der Waals surface area contributed by atoms with Gasteiger partial charge in [0.25, 0.3) is 5.91 Å². The van der Waals surface area contributed by atoms with E-state index in [0.717, 1.165) is 16.0 Å². The predicted molar refractivity (Wildman–Crippen MR) is 110 cm³/mol. The van der Waals surface area contributed by atoms with Crippen LogP contribution in [-0.4, -0.2) is 15.9 Å². The molecule has 7 heteroatoms. The van der Waals surface area contributed by atoms with Crippen molar-refractivity contribution >= 4 is 23.1 Å². The summed E-state index contributed by atoms with van der Waals surface area (Å²) >= 11 is 1.33. The highest BCUT2D eigenvalue weighted by Crippen LogP contribution is 2.29. The molecule has 1 N–H and O–H groups in total. The monoisotopic (exact) mass is 405 g/mol. The third kappa shape index (κ3) is 4.64. The maximum atomic E-state index is 13.1. The molecule has 0 saturated carbocycles. The van der Waals surface area contributed by atoms with Gasteiger partial charge in [-0.05, 0) is 59.7 Å². The van der Waals surface area contributed by atoms with E-state index in [1.54, 1.807) is 48.9 Å². The second-order valence-corrected chi connectivity index (χ2v) is 7.20. The standard InChI is InChI=1S/C22H16FN3O2S/c23-17-5-3-16(4-6-17)19-7-8-20(29-19)22(27)26-21-18(2-1-11-25-21)28-14-15-9-12-24-13-10-15/h1-13H,14H2,(H,25,26,27). The molecule has 0 aliphatic carbocycles. The van der Waals surface area contributed by atoms with Gasteiger partial charge in [-0.1, -0.05) is 12.1 Å². The summed E-state index contributed by atoms with van der Waals surface area (Å²) in [5.74, 6) is 0.254. The van der Waals surface area contributed by atoms with Gasteiger partial charge >= 0.3 is 0 Å². The number of halogens is 1. The summed E-state index contributed by atoms with van der Waals surface area (Å²) in [5.41, 5.74) is 1.82. The molecule has 3 aromatic heterocycles. The summed E-state index contributed by atoms with van der Waals surface area (Å²) in [4.78, 5) is 22.3. The smallest absolute Gasteiger partial charge is 0.267 e. The molecular weight excluding hydrogens is 389 g/mol. The molecule has 0 unspecified atom stereocenters. The molecule has 0 spiro atoms. The number of carbonyl (C=O) groups is 1. The van der Waals surface area contributed by atoms with Crippen molar-refractivity contribution in [2.75, 3.05) is 5.32 Å². The lowest BCUT2D eigenvalue weighted by atomic mass is 10.2. The van der Waals surface area contributed by atoms with E-state index in [4.69, 9.17) is 4.74 Å². The van der Waals surface area contributed by atoms with E-state index in [2.05, 4.69) is 15.3 Å². The van der Waals surface area contributed by atoms with Crippen molar-refractivity contribution in [1.82, 2.24) is 9.97 Å². The Bertz CT molecular complexity index is 1110. The first-order chi connectivity index (χ1) is 14.2. The first-order valence-corrected chi connectivity index (χ1v) is 9.64. The number of benzene rings is 1. The van der Waals surface area contributed by atoms with Crippen LogP contribution < -0.4 is 10.1 Å². The summed E-state index contributed by atoms with van der Waals surface area (Å²) < 4.78 is 18.9. The molecule has 0 fully saturated rings. The van der Waals surface area contributed by atoms with Gasteiger partial charge in [-0.15, -0.1) is 11.3 Å². The molecule has 1 aromatic carbocycles. The highest BCUT2D eigenvalue weighted by atomic mass is 32.1. The van der Waals surface area contributed by atoms with Crippen LogP contribution in [0.3, 0.4) is 0 Å². The van der Waals surface area contributed by atoms with E-state index >= 15 is 0 Å². The van der Waals surface area contributed by atoms with Gasteiger partial charge in [0.2, 0.25) is 0 Å². The highest BCUT2D eigenvalue weighted by molar-refractivity contribution is 7.17. The van der Waals surface area contributed by atoms with Gasteiger partial charge < -0.3 is 10.1 Å². The fourth-order valence-corrected chi connectivity index (χ4v) is 3.55. The fourth-order valence-electron chi connectivity index (χ4n) is 2.64. The van der Waals surface area contributed by atoms with E-state index < -0.39 is 0 Å². The van der Waals surface area contributed by atoms with Crippen LogP contribution in [0, 0.1) is 5.82 Å². The molecule has 3 heterocycles. The van der Waals surface area contributed by atoms with Gasteiger partial charge in [0.1, 0.15) is 12.4 Å². The summed E-state index contributed by atoms with van der Waals surface area (Å²) in [5, 5.41) is 2.80. The third-order valence-electron chi connectivity index (χ3n) is 4.10. The number of aromatic nitrogens is 2. The lowest BCUT2D eigenvalue weighted by Gasteiger charge is -2.11. The highest BCUT2D eigenvalue weighted by Gasteiger charge is 2.14. The molecule has 0 atom stereocenters. The van der Waals surface area contributed by atoms with E-state index in [1.165, 1.54) is 23.5 Å². The summed E-state index contributed by atoms with van der Waals surface area (Å²) in [6.07, 6.45) is 4.98. The Morgan fingerprint density at radius 1 is 1.00 bits per heavy atom. The van der Waals surface area contributed by atoms with Gasteiger partial charge in [0.15, 0.2) is 11.6 Å². The van der Waals surface area contributed by atoms with Crippen molar-refractivity contribution < 1.29 is 13.9 Å². The van der Waals surface area contributed by atoms with Crippen molar-refractivity contribution in [3.8, 4) is 16.2 Å². The first-order valence-electron chi connectivity index (χ1n) is 8.83. The minimum absolute atomic E-state index is 0.282. The number of pyridine rings is 2. The van der Waals surface area contributed by atoms with Crippen LogP contribution in [0.2, 0.25) is 0 Å². The normalized spacial score (nSPS) is 10.5. The van der Waals surface area contributed by atoms with Gasteiger partial charge in [-0.25, -0.2) is 9.37 Å². The Morgan fingerprint density at radius 3 is 2.59 bits per heavy atom. The SMILES string of the molecule is O=C(Nc1ncccc1OCc1ccncc1)c1ccc(-c2ccc(F)cc2)s1. The number of hydrogen-bond donors (Lipinski definition) is 1. The van der Waals surface area contributed by atoms with Gasteiger partial charge in [0, 0.05) is 23.5 Å². The Hall–Kier alpha value is -3.58. The number of thiophene rings is 1. The quantitative estimate of drug-likeness (QED) is 0.480. The number of amides is 1. The zero-order valence-corrected chi connectivity index (χ0v) is 16.0. The molecule has 5 nitrogen and oxygen atoms in total. The second kappa shape index (κ2) is 8.62. The zero-order valence-electron chi connectivity index (χ0n) is 15.2. The van der Waals surface area contributed by atoms with Crippen LogP contribution >= 0.6 is 11.3 Å². The largest absolute Gasteiger partial charge is 0.485 e. The minimum atomic E-state index is -0.294. The Labute approximate surface area is 170 Å². The molecule has 0 saturated heterocycles. The molecule has 144 valence electrons. The lowest BCUT2D eigenvalue weighted by Crippen LogP contribution is -2.12. The Balaban J connectivity index is 1.47. The second-order valence-electron chi connectivity index (χ2n) is 6.12. The van der Waals surface area contributed by atoms with Crippen molar-refractivity contribution in [2.45, 2.75) is 6.61 Å². The van der Waals surface area contributed by atoms with E-state index in [1.807, 2.05) is 18.2 Å². The first kappa shape index (κ1) is 18.8. The molecule has 4 aromatic rings. The number of hydrogen-bond acceptors (Lipinski definition) is 5. The number of nitrogens with zero attached hydrogens (tertiary/aromatic N) is 2. The Morgan fingerprint density at radius 2 is 1.79 bits per heavy atom. The number of rotatable bonds is 6. The van der Waals surface area contributed by atoms with E-state index in [0.29, 0.717) is 23.1 Å². The van der Waals surface area contributed by atoms with Crippen LogP contribution in [0.15, 0.2) is 79.3 Å². The van der Waals surface area contributed by atoms with Crippen LogP contribution in [0.4, 0.5) is 10.2 Å². The number of anilines is 1. The van der Waals surface area contributed by atoms with Crippen LogP contribution in [0.1, 0.15) is 15.2 Å².